The van der Waals surface area contributed by atoms with Gasteiger partial charge < -0.3 is 16.2 Å². The zero-order chi connectivity index (χ0) is 14.2. The fourth-order valence-electron chi connectivity index (χ4n) is 1.93. The van der Waals surface area contributed by atoms with Gasteiger partial charge >= 0.3 is 5.97 Å². The molecule has 0 radical (unpaired) electrons. The molecule has 0 rings (SSSR count). The Bertz CT molecular complexity index is 267. The first kappa shape index (κ1) is 16.9. The molecule has 18 heavy (non-hydrogen) atoms. The Morgan fingerprint density at radius 2 is 1.83 bits per heavy atom. The van der Waals surface area contributed by atoms with Gasteiger partial charge in [-0.15, -0.1) is 0 Å². The smallest absolute Gasteiger partial charge is 0.326 e. The molecule has 4 N–H and O–H groups in total. The average molecular weight is 258 g/mol. The molecule has 0 heterocycles. The third-order valence-corrected chi connectivity index (χ3v) is 3.68. The summed E-state index contributed by atoms with van der Waals surface area (Å²) in [6, 6.07) is -0.804. The Labute approximate surface area is 109 Å². The van der Waals surface area contributed by atoms with Crippen molar-refractivity contribution >= 4 is 11.9 Å². The van der Waals surface area contributed by atoms with Crippen LogP contribution in [0.15, 0.2) is 0 Å². The SMILES string of the molecule is CCCC[C@H](NC(=O)C(CC)(CC)CN)C(=O)O. The van der Waals surface area contributed by atoms with Crippen molar-refractivity contribution in [3.8, 4) is 0 Å². The third-order valence-electron chi connectivity index (χ3n) is 3.68. The molecule has 5 nitrogen and oxygen atoms in total. The summed E-state index contributed by atoms with van der Waals surface area (Å²) in [6.45, 7) is 6.03. The molecule has 0 unspecified atom stereocenters. The molecule has 0 spiro atoms. The van der Waals surface area contributed by atoms with E-state index in [0.717, 1.165) is 12.8 Å². The second kappa shape index (κ2) is 8.08. The molecule has 5 heteroatoms. The highest BCUT2D eigenvalue weighted by Gasteiger charge is 2.35. The first-order valence-electron chi connectivity index (χ1n) is 6.71. The molecule has 1 amide bonds. The molecule has 0 aliphatic heterocycles. The molecule has 106 valence electrons. The second-order valence-electron chi connectivity index (χ2n) is 4.70. The molecular weight excluding hydrogens is 232 g/mol. The normalized spacial score (nSPS) is 13.1. The van der Waals surface area contributed by atoms with Crippen LogP contribution in [0.1, 0.15) is 52.9 Å². The predicted octanol–water partition coefficient (Wildman–Crippen LogP) is 1.51. The van der Waals surface area contributed by atoms with E-state index in [1.165, 1.54) is 0 Å². The molecule has 0 aromatic carbocycles. The number of nitrogens with one attached hydrogen (secondary N) is 1. The van der Waals surface area contributed by atoms with Gasteiger partial charge in [-0.3, -0.25) is 4.79 Å². The monoisotopic (exact) mass is 258 g/mol. The maximum absolute atomic E-state index is 12.2. The first-order valence-corrected chi connectivity index (χ1v) is 6.71. The van der Waals surface area contributed by atoms with Crippen LogP contribution in [0.2, 0.25) is 0 Å². The number of nitrogens with two attached hydrogens (primary N) is 1. The molecule has 0 saturated heterocycles. The Hall–Kier alpha value is -1.10. The molecule has 0 aromatic rings. The fourth-order valence-corrected chi connectivity index (χ4v) is 1.93. The largest absolute Gasteiger partial charge is 0.480 e. The summed E-state index contributed by atoms with van der Waals surface area (Å²) in [4.78, 5) is 23.3. The van der Waals surface area contributed by atoms with Crippen LogP contribution >= 0.6 is 0 Å². The number of carbonyl (C=O) groups excluding carboxylic acids is 1. The van der Waals surface area contributed by atoms with Crippen molar-refractivity contribution < 1.29 is 14.7 Å². The van der Waals surface area contributed by atoms with E-state index >= 15 is 0 Å². The summed E-state index contributed by atoms with van der Waals surface area (Å²) >= 11 is 0. The van der Waals surface area contributed by atoms with E-state index in [4.69, 9.17) is 10.8 Å². The number of carboxylic acids is 1. The lowest BCUT2D eigenvalue weighted by Gasteiger charge is -2.30. The van der Waals surface area contributed by atoms with Crippen LogP contribution in [0.3, 0.4) is 0 Å². The molecule has 0 aliphatic rings. The number of amides is 1. The lowest BCUT2D eigenvalue weighted by Crippen LogP contribution is -2.51. The summed E-state index contributed by atoms with van der Waals surface area (Å²) in [5, 5.41) is 11.7. The molecular formula is C13H26N2O3. The zero-order valence-corrected chi connectivity index (χ0v) is 11.7. The summed E-state index contributed by atoms with van der Waals surface area (Å²) in [5.74, 6) is -1.21. The van der Waals surface area contributed by atoms with Crippen molar-refractivity contribution in [2.24, 2.45) is 11.1 Å². The van der Waals surface area contributed by atoms with Gasteiger partial charge in [-0.1, -0.05) is 33.6 Å². The minimum Gasteiger partial charge on any atom is -0.480 e. The van der Waals surface area contributed by atoms with Gasteiger partial charge in [0.1, 0.15) is 6.04 Å². The number of hydrogen-bond acceptors (Lipinski definition) is 3. The van der Waals surface area contributed by atoms with Crippen molar-refractivity contribution in [1.82, 2.24) is 5.32 Å². The van der Waals surface area contributed by atoms with Gasteiger partial charge in [-0.2, -0.15) is 0 Å². The van der Waals surface area contributed by atoms with E-state index in [1.54, 1.807) is 0 Å². The van der Waals surface area contributed by atoms with Gasteiger partial charge in [-0.25, -0.2) is 4.79 Å². The molecule has 0 saturated carbocycles. The van der Waals surface area contributed by atoms with E-state index in [9.17, 15) is 9.59 Å². The van der Waals surface area contributed by atoms with Gasteiger partial charge in [-0.05, 0) is 19.3 Å². The van der Waals surface area contributed by atoms with E-state index in [0.29, 0.717) is 19.3 Å². The minimum absolute atomic E-state index is 0.237. The minimum atomic E-state index is -0.977. The zero-order valence-electron chi connectivity index (χ0n) is 11.7. The van der Waals surface area contributed by atoms with E-state index < -0.39 is 17.4 Å². The first-order chi connectivity index (χ1) is 8.47. The van der Waals surface area contributed by atoms with Gasteiger partial charge in [0.15, 0.2) is 0 Å². The van der Waals surface area contributed by atoms with Gasteiger partial charge in [0, 0.05) is 6.54 Å². The molecule has 1 atom stereocenters. The number of carboxylic acid groups (broad SMARTS) is 1. The highest BCUT2D eigenvalue weighted by Crippen LogP contribution is 2.25. The molecule has 0 fully saturated rings. The average Bonchev–Trinajstić information content (AvgIpc) is 2.36. The highest BCUT2D eigenvalue weighted by atomic mass is 16.4. The van der Waals surface area contributed by atoms with Crippen molar-refractivity contribution in [2.45, 2.75) is 58.9 Å². The lowest BCUT2D eigenvalue weighted by molar-refractivity contribution is -0.144. The van der Waals surface area contributed by atoms with Crippen LogP contribution < -0.4 is 11.1 Å². The second-order valence-corrected chi connectivity index (χ2v) is 4.70. The van der Waals surface area contributed by atoms with E-state index in [-0.39, 0.29) is 12.5 Å². The maximum Gasteiger partial charge on any atom is 0.326 e. The molecule has 0 aromatic heterocycles. The predicted molar refractivity (Wildman–Crippen MR) is 71.2 cm³/mol. The Morgan fingerprint density at radius 1 is 1.28 bits per heavy atom. The highest BCUT2D eigenvalue weighted by molar-refractivity contribution is 5.87. The van der Waals surface area contributed by atoms with Crippen molar-refractivity contribution in [1.29, 1.82) is 0 Å². The fraction of sp³-hybridized carbons (Fsp3) is 0.846. The summed E-state index contributed by atoms with van der Waals surface area (Å²) in [6.07, 6.45) is 3.39. The molecule has 0 aliphatic carbocycles. The summed E-state index contributed by atoms with van der Waals surface area (Å²) in [7, 11) is 0. The number of aliphatic carboxylic acids is 1. The van der Waals surface area contributed by atoms with Crippen molar-refractivity contribution in [3.05, 3.63) is 0 Å². The number of carbonyl (C=O) groups is 2. The Kier molecular flexibility index (Phi) is 7.59. The van der Waals surface area contributed by atoms with Crippen LogP contribution in [-0.4, -0.2) is 29.6 Å². The lowest BCUT2D eigenvalue weighted by atomic mass is 9.81. The number of unbranched alkanes of at least 4 members (excludes halogenated alkanes) is 1. The van der Waals surface area contributed by atoms with E-state index in [1.807, 2.05) is 20.8 Å². The van der Waals surface area contributed by atoms with Gasteiger partial charge in [0.05, 0.1) is 5.41 Å². The molecule has 0 bridgehead atoms. The van der Waals surface area contributed by atoms with Gasteiger partial charge in [0.2, 0.25) is 5.91 Å². The van der Waals surface area contributed by atoms with Crippen molar-refractivity contribution in [2.75, 3.05) is 6.54 Å². The van der Waals surface area contributed by atoms with Crippen LogP contribution in [0.4, 0.5) is 0 Å². The van der Waals surface area contributed by atoms with E-state index in [2.05, 4.69) is 5.32 Å². The maximum atomic E-state index is 12.2. The third kappa shape index (κ3) is 4.29. The Morgan fingerprint density at radius 3 is 2.17 bits per heavy atom. The van der Waals surface area contributed by atoms with Crippen LogP contribution in [-0.2, 0) is 9.59 Å². The standard InChI is InChI=1S/C13H26N2O3/c1-4-7-8-10(11(16)17)15-12(18)13(5-2,6-3)9-14/h10H,4-9,14H2,1-3H3,(H,15,18)(H,16,17)/t10-/m0/s1. The summed E-state index contributed by atoms with van der Waals surface area (Å²) < 4.78 is 0. The summed E-state index contributed by atoms with van der Waals surface area (Å²) in [5.41, 5.74) is 5.03. The van der Waals surface area contributed by atoms with Crippen LogP contribution in [0.5, 0.6) is 0 Å². The Balaban J connectivity index is 4.71. The van der Waals surface area contributed by atoms with Gasteiger partial charge in [0.25, 0.3) is 0 Å². The quantitative estimate of drug-likeness (QED) is 0.584. The van der Waals surface area contributed by atoms with Crippen LogP contribution in [0.25, 0.3) is 0 Å². The number of hydrogen-bond donors (Lipinski definition) is 3. The number of rotatable bonds is 9. The topological polar surface area (TPSA) is 92.4 Å². The van der Waals surface area contributed by atoms with Crippen LogP contribution in [0, 0.1) is 5.41 Å². The van der Waals surface area contributed by atoms with Crippen molar-refractivity contribution in [3.63, 3.8) is 0 Å².